The highest BCUT2D eigenvalue weighted by Gasteiger charge is 2.25. The highest BCUT2D eigenvalue weighted by atomic mass is 32.2. The molecule has 2 aliphatic rings. The minimum absolute atomic E-state index is 0.619. The van der Waals surface area contributed by atoms with Crippen LogP contribution in [0, 0.1) is 6.92 Å². The molecule has 2 atom stereocenters. The third kappa shape index (κ3) is 2.53. The van der Waals surface area contributed by atoms with E-state index in [4.69, 9.17) is 0 Å². The van der Waals surface area contributed by atoms with Crippen LogP contribution in [-0.4, -0.2) is 17.5 Å². The van der Waals surface area contributed by atoms with E-state index in [1.165, 1.54) is 42.8 Å². The van der Waals surface area contributed by atoms with Gasteiger partial charge in [-0.15, -0.1) is 0 Å². The van der Waals surface area contributed by atoms with Gasteiger partial charge >= 0.3 is 0 Å². The molecule has 3 rings (SSSR count). The fourth-order valence-electron chi connectivity index (χ4n) is 3.05. The van der Waals surface area contributed by atoms with Crippen molar-refractivity contribution in [2.45, 2.75) is 44.7 Å². The molecular weight excluding hydrogens is 226 g/mol. The van der Waals surface area contributed by atoms with E-state index in [1.54, 1.807) is 11.1 Å². The number of thioether (sulfide) groups is 1. The van der Waals surface area contributed by atoms with Gasteiger partial charge in [-0.25, -0.2) is 0 Å². The molecule has 1 aromatic rings. The molecule has 0 spiro atoms. The van der Waals surface area contributed by atoms with Crippen molar-refractivity contribution in [3.8, 4) is 0 Å². The highest BCUT2D eigenvalue weighted by Crippen LogP contribution is 2.33. The van der Waals surface area contributed by atoms with Crippen molar-refractivity contribution in [2.75, 3.05) is 11.5 Å². The summed E-state index contributed by atoms with van der Waals surface area (Å²) in [5.41, 5.74) is 4.53. The Hall–Kier alpha value is -0.470. The van der Waals surface area contributed by atoms with Gasteiger partial charge in [-0.2, -0.15) is 11.8 Å². The maximum atomic E-state index is 3.88. The number of rotatable bonds is 2. The van der Waals surface area contributed by atoms with Crippen LogP contribution in [0.4, 0.5) is 0 Å². The lowest BCUT2D eigenvalue weighted by Crippen LogP contribution is -2.35. The van der Waals surface area contributed by atoms with Gasteiger partial charge in [-0.1, -0.05) is 23.8 Å². The molecule has 1 fully saturated rings. The summed E-state index contributed by atoms with van der Waals surface area (Å²) >= 11 is 2.11. The van der Waals surface area contributed by atoms with Gasteiger partial charge < -0.3 is 5.32 Å². The first-order valence-corrected chi connectivity index (χ1v) is 7.91. The Bertz CT molecular complexity index is 396. The molecule has 0 saturated carbocycles. The lowest BCUT2D eigenvalue weighted by Gasteiger charge is -2.26. The third-order valence-corrected chi connectivity index (χ3v) is 5.19. The Morgan fingerprint density at radius 1 is 1.29 bits per heavy atom. The summed E-state index contributed by atoms with van der Waals surface area (Å²) in [6, 6.07) is 8.31. The molecule has 1 aromatic carbocycles. The van der Waals surface area contributed by atoms with Gasteiger partial charge in [0.05, 0.1) is 0 Å². The Balaban J connectivity index is 1.72. The quantitative estimate of drug-likeness (QED) is 0.859. The van der Waals surface area contributed by atoms with Crippen LogP contribution in [0.5, 0.6) is 0 Å². The third-order valence-electron chi connectivity index (χ3n) is 3.98. The van der Waals surface area contributed by atoms with Gasteiger partial charge in [-0.05, 0) is 49.5 Å². The normalized spacial score (nSPS) is 28.1. The molecule has 1 aliphatic carbocycles. The highest BCUT2D eigenvalue weighted by molar-refractivity contribution is 7.99. The predicted molar refractivity (Wildman–Crippen MR) is 75.7 cm³/mol. The van der Waals surface area contributed by atoms with Gasteiger partial charge in [0.15, 0.2) is 0 Å². The average Bonchev–Trinajstić information content (AvgIpc) is 2.73. The van der Waals surface area contributed by atoms with Crippen molar-refractivity contribution in [1.82, 2.24) is 5.32 Å². The van der Waals surface area contributed by atoms with Gasteiger partial charge in [0, 0.05) is 17.8 Å². The Kier molecular flexibility index (Phi) is 3.44. The first-order valence-electron chi connectivity index (χ1n) is 6.76. The summed E-state index contributed by atoms with van der Waals surface area (Å²) in [4.78, 5) is 0. The van der Waals surface area contributed by atoms with E-state index in [0.29, 0.717) is 6.04 Å². The summed E-state index contributed by atoms with van der Waals surface area (Å²) in [5, 5.41) is 3.88. The monoisotopic (exact) mass is 247 g/mol. The predicted octanol–water partition coefficient (Wildman–Crippen LogP) is 3.47. The molecule has 1 saturated heterocycles. The molecule has 2 heteroatoms. The molecule has 0 amide bonds. The van der Waals surface area contributed by atoms with E-state index in [-0.39, 0.29) is 0 Å². The van der Waals surface area contributed by atoms with Crippen LogP contribution in [-0.2, 0) is 6.42 Å². The SMILES string of the molecule is Cc1ccc2c(c1)C(NC1CCCSC1)CC2. The van der Waals surface area contributed by atoms with Crippen molar-refractivity contribution in [3.63, 3.8) is 0 Å². The second-order valence-electron chi connectivity index (χ2n) is 5.37. The van der Waals surface area contributed by atoms with E-state index in [0.717, 1.165) is 6.04 Å². The summed E-state index contributed by atoms with van der Waals surface area (Å²) in [5.74, 6) is 2.66. The van der Waals surface area contributed by atoms with Crippen molar-refractivity contribution in [3.05, 3.63) is 34.9 Å². The van der Waals surface area contributed by atoms with Crippen LogP contribution in [0.1, 0.15) is 42.0 Å². The molecular formula is C15H21NS. The summed E-state index contributed by atoms with van der Waals surface area (Å²) in [6.45, 7) is 2.20. The number of hydrogen-bond acceptors (Lipinski definition) is 2. The molecule has 1 nitrogen and oxygen atoms in total. The summed E-state index contributed by atoms with van der Waals surface area (Å²) < 4.78 is 0. The van der Waals surface area contributed by atoms with Crippen LogP contribution in [0.25, 0.3) is 0 Å². The second-order valence-corrected chi connectivity index (χ2v) is 6.52. The van der Waals surface area contributed by atoms with Crippen molar-refractivity contribution in [1.29, 1.82) is 0 Å². The van der Waals surface area contributed by atoms with Crippen LogP contribution in [0.3, 0.4) is 0 Å². The molecule has 1 N–H and O–H groups in total. The zero-order valence-electron chi connectivity index (χ0n) is 10.5. The van der Waals surface area contributed by atoms with Crippen molar-refractivity contribution in [2.24, 2.45) is 0 Å². The summed E-state index contributed by atoms with van der Waals surface area (Å²) in [6.07, 6.45) is 5.30. The largest absolute Gasteiger partial charge is 0.306 e. The van der Waals surface area contributed by atoms with Gasteiger partial charge in [0.2, 0.25) is 0 Å². The molecule has 2 unspecified atom stereocenters. The van der Waals surface area contributed by atoms with Crippen molar-refractivity contribution >= 4 is 11.8 Å². The smallest absolute Gasteiger partial charge is 0.0328 e. The van der Waals surface area contributed by atoms with E-state index >= 15 is 0 Å². The lowest BCUT2D eigenvalue weighted by molar-refractivity contribution is 0.431. The zero-order valence-corrected chi connectivity index (χ0v) is 11.4. The first kappa shape index (κ1) is 11.6. The Labute approximate surface area is 108 Å². The second kappa shape index (κ2) is 5.03. The minimum atomic E-state index is 0.619. The maximum absolute atomic E-state index is 3.88. The van der Waals surface area contributed by atoms with Crippen LogP contribution >= 0.6 is 11.8 Å². The molecule has 1 heterocycles. The Morgan fingerprint density at radius 2 is 2.24 bits per heavy atom. The van der Waals surface area contributed by atoms with Gasteiger partial charge in [-0.3, -0.25) is 0 Å². The standard InChI is InChI=1S/C15H21NS/c1-11-4-5-12-6-7-15(14(12)9-11)16-13-3-2-8-17-10-13/h4-5,9,13,15-16H,2-3,6-8,10H2,1H3. The minimum Gasteiger partial charge on any atom is -0.306 e. The number of nitrogens with one attached hydrogen (secondary N) is 1. The first-order chi connectivity index (χ1) is 8.33. The topological polar surface area (TPSA) is 12.0 Å². The number of aryl methyl sites for hydroxylation is 2. The van der Waals surface area contributed by atoms with E-state index < -0.39 is 0 Å². The molecule has 0 bridgehead atoms. The molecule has 0 aromatic heterocycles. The van der Waals surface area contributed by atoms with Crippen LogP contribution in [0.2, 0.25) is 0 Å². The van der Waals surface area contributed by atoms with Gasteiger partial charge in [0.25, 0.3) is 0 Å². The number of benzene rings is 1. The molecule has 17 heavy (non-hydrogen) atoms. The van der Waals surface area contributed by atoms with Crippen LogP contribution < -0.4 is 5.32 Å². The van der Waals surface area contributed by atoms with E-state index in [2.05, 4.69) is 42.2 Å². The van der Waals surface area contributed by atoms with Gasteiger partial charge in [0.1, 0.15) is 0 Å². The van der Waals surface area contributed by atoms with Crippen molar-refractivity contribution < 1.29 is 0 Å². The maximum Gasteiger partial charge on any atom is 0.0328 e. The number of fused-ring (bicyclic) bond motifs is 1. The number of hydrogen-bond donors (Lipinski definition) is 1. The molecule has 0 radical (unpaired) electrons. The van der Waals surface area contributed by atoms with E-state index in [9.17, 15) is 0 Å². The molecule has 1 aliphatic heterocycles. The van der Waals surface area contributed by atoms with E-state index in [1.807, 2.05) is 0 Å². The fourth-order valence-corrected chi connectivity index (χ4v) is 4.14. The average molecular weight is 247 g/mol. The Morgan fingerprint density at radius 3 is 3.06 bits per heavy atom. The van der Waals surface area contributed by atoms with Crippen LogP contribution in [0.15, 0.2) is 18.2 Å². The summed E-state index contributed by atoms with van der Waals surface area (Å²) in [7, 11) is 0. The fraction of sp³-hybridized carbons (Fsp3) is 0.600. The molecule has 92 valence electrons. The zero-order chi connectivity index (χ0) is 11.7. The lowest BCUT2D eigenvalue weighted by atomic mass is 10.0.